The minimum Gasteiger partial charge on any atom is -0.493 e. The number of rotatable bonds is 6. The van der Waals surface area contributed by atoms with Gasteiger partial charge in [-0.2, -0.15) is 0 Å². The summed E-state index contributed by atoms with van der Waals surface area (Å²) in [6, 6.07) is 10.4. The normalized spacial score (nSPS) is 10.4. The summed E-state index contributed by atoms with van der Waals surface area (Å²) in [5.74, 6) is 1.21. The molecule has 0 aliphatic heterocycles. The molecule has 21 heavy (non-hydrogen) atoms. The summed E-state index contributed by atoms with van der Waals surface area (Å²) in [5.41, 5.74) is 6.30. The predicted octanol–water partition coefficient (Wildman–Crippen LogP) is 5.08. The lowest BCUT2D eigenvalue weighted by Crippen LogP contribution is -2.05. The van der Waals surface area contributed by atoms with Crippen molar-refractivity contribution in [1.29, 1.82) is 0 Å². The highest BCUT2D eigenvalue weighted by Gasteiger charge is 2.08. The second-order valence-corrected chi connectivity index (χ2v) is 5.57. The maximum absolute atomic E-state index is 6.02. The van der Waals surface area contributed by atoms with Crippen LogP contribution in [-0.4, -0.2) is 13.2 Å². The second kappa shape index (κ2) is 7.64. The molecule has 0 spiro atoms. The minimum absolute atomic E-state index is 0.395. The Labute approximate surface area is 138 Å². The first-order chi connectivity index (χ1) is 10.1. The Bertz CT molecular complexity index is 579. The molecule has 2 aromatic rings. The van der Waals surface area contributed by atoms with Crippen molar-refractivity contribution >= 4 is 40.5 Å². The molecule has 0 bridgehead atoms. The van der Waals surface area contributed by atoms with Gasteiger partial charge in [-0.3, -0.25) is 0 Å². The van der Waals surface area contributed by atoms with E-state index in [1.54, 1.807) is 24.3 Å². The number of halogens is 3. The summed E-state index contributed by atoms with van der Waals surface area (Å²) < 4.78 is 11.1. The fourth-order valence-corrected chi connectivity index (χ4v) is 2.58. The van der Waals surface area contributed by atoms with Crippen LogP contribution < -0.4 is 15.2 Å². The van der Waals surface area contributed by atoms with Crippen LogP contribution in [0.1, 0.15) is 6.42 Å². The molecule has 0 atom stereocenters. The van der Waals surface area contributed by atoms with Gasteiger partial charge in [0.25, 0.3) is 0 Å². The molecule has 2 rings (SSSR count). The van der Waals surface area contributed by atoms with Crippen molar-refractivity contribution in [2.24, 2.45) is 0 Å². The number of nitrogens with two attached hydrogens (primary N) is 1. The van der Waals surface area contributed by atoms with Gasteiger partial charge >= 0.3 is 0 Å². The lowest BCUT2D eigenvalue weighted by molar-refractivity contribution is 0.247. The van der Waals surface area contributed by atoms with Crippen molar-refractivity contribution in [3.8, 4) is 11.5 Å². The topological polar surface area (TPSA) is 44.5 Å². The number of hydrogen-bond acceptors (Lipinski definition) is 3. The van der Waals surface area contributed by atoms with E-state index in [4.69, 9.17) is 50.0 Å². The molecule has 0 aromatic heterocycles. The summed E-state index contributed by atoms with van der Waals surface area (Å²) in [6.45, 7) is 0.961. The van der Waals surface area contributed by atoms with Gasteiger partial charge in [-0.25, -0.2) is 0 Å². The van der Waals surface area contributed by atoms with E-state index in [0.717, 1.165) is 5.75 Å². The molecule has 0 fully saturated rings. The number of benzene rings is 2. The Balaban J connectivity index is 1.76. The quantitative estimate of drug-likeness (QED) is 0.586. The zero-order chi connectivity index (χ0) is 15.2. The molecule has 2 aromatic carbocycles. The van der Waals surface area contributed by atoms with Gasteiger partial charge in [0.1, 0.15) is 5.75 Å². The molecule has 0 unspecified atom stereocenters. The van der Waals surface area contributed by atoms with Gasteiger partial charge < -0.3 is 15.2 Å². The van der Waals surface area contributed by atoms with Gasteiger partial charge in [-0.05, 0) is 36.4 Å². The highest BCUT2D eigenvalue weighted by Crippen LogP contribution is 2.35. The molecule has 112 valence electrons. The summed E-state index contributed by atoms with van der Waals surface area (Å²) in [7, 11) is 0. The van der Waals surface area contributed by atoms with Crippen LogP contribution in [0.4, 0.5) is 5.69 Å². The summed E-state index contributed by atoms with van der Waals surface area (Å²) >= 11 is 17.9. The lowest BCUT2D eigenvalue weighted by Gasteiger charge is -2.11. The van der Waals surface area contributed by atoms with Crippen LogP contribution in [-0.2, 0) is 0 Å². The largest absolute Gasteiger partial charge is 0.493 e. The van der Waals surface area contributed by atoms with Gasteiger partial charge in [-0.1, -0.05) is 34.8 Å². The van der Waals surface area contributed by atoms with E-state index in [2.05, 4.69) is 0 Å². The maximum atomic E-state index is 6.02. The SMILES string of the molecule is Nc1ccc(OCCCOc2c(Cl)cc(Cl)cc2Cl)cc1. The predicted molar refractivity (Wildman–Crippen MR) is 87.9 cm³/mol. The van der Waals surface area contributed by atoms with E-state index in [1.165, 1.54) is 0 Å². The Kier molecular flexibility index (Phi) is 5.85. The average molecular weight is 347 g/mol. The van der Waals surface area contributed by atoms with E-state index < -0.39 is 0 Å². The van der Waals surface area contributed by atoms with E-state index in [1.807, 2.05) is 12.1 Å². The van der Waals surface area contributed by atoms with E-state index >= 15 is 0 Å². The maximum Gasteiger partial charge on any atom is 0.156 e. The third-order valence-corrected chi connectivity index (χ3v) is 3.43. The molecule has 0 saturated carbocycles. The number of hydrogen-bond donors (Lipinski definition) is 1. The molecule has 0 aliphatic carbocycles. The van der Waals surface area contributed by atoms with Gasteiger partial charge in [-0.15, -0.1) is 0 Å². The molecule has 2 N–H and O–H groups in total. The molecule has 0 saturated heterocycles. The first-order valence-electron chi connectivity index (χ1n) is 6.32. The molecule has 0 heterocycles. The van der Waals surface area contributed by atoms with Crippen LogP contribution in [0.2, 0.25) is 15.1 Å². The van der Waals surface area contributed by atoms with Gasteiger partial charge in [0.2, 0.25) is 0 Å². The number of ether oxygens (including phenoxy) is 2. The fraction of sp³-hybridized carbons (Fsp3) is 0.200. The molecule has 3 nitrogen and oxygen atoms in total. The Morgan fingerprint density at radius 2 is 1.43 bits per heavy atom. The zero-order valence-electron chi connectivity index (χ0n) is 11.1. The van der Waals surface area contributed by atoms with Gasteiger partial charge in [0.15, 0.2) is 5.75 Å². The molecule has 0 aliphatic rings. The standard InChI is InChI=1S/C15H14Cl3NO2/c16-10-8-13(17)15(14(18)9-10)21-7-1-6-20-12-4-2-11(19)3-5-12/h2-5,8-9H,1,6-7,19H2. The first kappa shape index (κ1) is 16.1. The van der Waals surface area contributed by atoms with Crippen molar-refractivity contribution in [3.05, 3.63) is 51.5 Å². The summed E-state index contributed by atoms with van der Waals surface area (Å²) in [4.78, 5) is 0. The third kappa shape index (κ3) is 4.88. The highest BCUT2D eigenvalue weighted by molar-refractivity contribution is 6.40. The number of nitrogen functional groups attached to an aromatic ring is 1. The summed E-state index contributed by atoms with van der Waals surface area (Å²) in [6.07, 6.45) is 0.694. The number of anilines is 1. The fourth-order valence-electron chi connectivity index (χ4n) is 1.65. The first-order valence-corrected chi connectivity index (χ1v) is 7.45. The van der Waals surface area contributed by atoms with Crippen LogP contribution >= 0.6 is 34.8 Å². The molecule has 0 radical (unpaired) electrons. The highest BCUT2D eigenvalue weighted by atomic mass is 35.5. The van der Waals surface area contributed by atoms with Crippen LogP contribution in [0, 0.1) is 0 Å². The Hall–Kier alpha value is -1.29. The monoisotopic (exact) mass is 345 g/mol. The summed E-state index contributed by atoms with van der Waals surface area (Å²) in [5, 5.41) is 1.27. The molecule has 0 amide bonds. The molecule has 6 heteroatoms. The Morgan fingerprint density at radius 3 is 2.05 bits per heavy atom. The second-order valence-electron chi connectivity index (χ2n) is 4.32. The van der Waals surface area contributed by atoms with E-state index in [0.29, 0.717) is 46.1 Å². The van der Waals surface area contributed by atoms with Crippen molar-refractivity contribution < 1.29 is 9.47 Å². The van der Waals surface area contributed by atoms with E-state index in [-0.39, 0.29) is 0 Å². The van der Waals surface area contributed by atoms with E-state index in [9.17, 15) is 0 Å². The Morgan fingerprint density at radius 1 is 0.857 bits per heavy atom. The van der Waals surface area contributed by atoms with Crippen LogP contribution in [0.15, 0.2) is 36.4 Å². The van der Waals surface area contributed by atoms with Crippen LogP contribution in [0.25, 0.3) is 0 Å². The molecular weight excluding hydrogens is 333 g/mol. The van der Waals surface area contributed by atoms with Crippen molar-refractivity contribution in [2.75, 3.05) is 18.9 Å². The third-order valence-electron chi connectivity index (χ3n) is 2.65. The molecular formula is C15H14Cl3NO2. The van der Waals surface area contributed by atoms with Gasteiger partial charge in [0, 0.05) is 17.1 Å². The lowest BCUT2D eigenvalue weighted by atomic mass is 10.3. The minimum atomic E-state index is 0.395. The van der Waals surface area contributed by atoms with Crippen molar-refractivity contribution in [2.45, 2.75) is 6.42 Å². The smallest absolute Gasteiger partial charge is 0.156 e. The zero-order valence-corrected chi connectivity index (χ0v) is 13.4. The van der Waals surface area contributed by atoms with Crippen molar-refractivity contribution in [3.63, 3.8) is 0 Å². The van der Waals surface area contributed by atoms with Crippen LogP contribution in [0.5, 0.6) is 11.5 Å². The average Bonchev–Trinajstić information content (AvgIpc) is 2.43. The van der Waals surface area contributed by atoms with Crippen LogP contribution in [0.3, 0.4) is 0 Å². The van der Waals surface area contributed by atoms with Gasteiger partial charge in [0.05, 0.1) is 23.3 Å². The van der Waals surface area contributed by atoms with Crippen molar-refractivity contribution in [1.82, 2.24) is 0 Å².